The van der Waals surface area contributed by atoms with E-state index in [0.717, 1.165) is 5.56 Å². The summed E-state index contributed by atoms with van der Waals surface area (Å²) in [6, 6.07) is 9.86. The summed E-state index contributed by atoms with van der Waals surface area (Å²) in [5, 5.41) is 3.12. The molecular weight excluding hydrogens is 334 g/mol. The lowest BCUT2D eigenvalue weighted by molar-refractivity contribution is -0.138. The zero-order valence-electron chi connectivity index (χ0n) is 14.9. The van der Waals surface area contributed by atoms with Crippen molar-refractivity contribution in [2.45, 2.75) is 6.54 Å². The second-order valence-electron chi connectivity index (χ2n) is 6.23. The Morgan fingerprint density at radius 3 is 1.88 bits per heavy atom. The molecule has 2 amide bonds. The van der Waals surface area contributed by atoms with Gasteiger partial charge in [-0.2, -0.15) is 0 Å². The van der Waals surface area contributed by atoms with Gasteiger partial charge in [0.05, 0.1) is 26.4 Å². The highest BCUT2D eigenvalue weighted by Crippen LogP contribution is 2.11. The van der Waals surface area contributed by atoms with Gasteiger partial charge in [-0.15, -0.1) is 0 Å². The van der Waals surface area contributed by atoms with Crippen LogP contribution in [0.2, 0.25) is 0 Å². The van der Waals surface area contributed by atoms with Crippen LogP contribution in [0.1, 0.15) is 5.56 Å². The Kier molecular flexibility index (Phi) is 6.62. The van der Waals surface area contributed by atoms with Gasteiger partial charge in [0, 0.05) is 38.9 Å². The monoisotopic (exact) mass is 359 g/mol. The van der Waals surface area contributed by atoms with Crippen molar-refractivity contribution in [1.29, 1.82) is 0 Å². The fraction of sp³-hybridized carbons (Fsp3) is 0.474. The molecule has 140 valence electrons. The van der Waals surface area contributed by atoms with E-state index in [4.69, 9.17) is 9.47 Å². The molecule has 0 atom stereocenters. The summed E-state index contributed by atoms with van der Waals surface area (Å²) in [6.45, 7) is 4.58. The zero-order chi connectivity index (χ0) is 18.2. The van der Waals surface area contributed by atoms with Crippen LogP contribution >= 0.6 is 0 Å². The number of nitrogens with one attached hydrogen (secondary N) is 1. The van der Waals surface area contributed by atoms with E-state index in [1.807, 2.05) is 30.3 Å². The van der Waals surface area contributed by atoms with Crippen molar-refractivity contribution in [1.82, 2.24) is 15.1 Å². The third-order valence-electron chi connectivity index (χ3n) is 4.45. The maximum absolute atomic E-state index is 12.9. The van der Waals surface area contributed by atoms with Crippen molar-refractivity contribution >= 4 is 11.8 Å². The van der Waals surface area contributed by atoms with Crippen molar-refractivity contribution < 1.29 is 19.1 Å². The summed E-state index contributed by atoms with van der Waals surface area (Å²) in [5.74, 6) is -0.490. The third-order valence-corrected chi connectivity index (χ3v) is 4.45. The predicted molar refractivity (Wildman–Crippen MR) is 96.2 cm³/mol. The van der Waals surface area contributed by atoms with Crippen molar-refractivity contribution in [2.24, 2.45) is 0 Å². The van der Waals surface area contributed by atoms with Crippen LogP contribution in [0.15, 0.2) is 42.1 Å². The average Bonchev–Trinajstić information content (AvgIpc) is 2.72. The second-order valence-corrected chi connectivity index (χ2v) is 6.23. The number of carbonyl (C=O) groups excluding carboxylic acids is 2. The Morgan fingerprint density at radius 2 is 1.38 bits per heavy atom. The van der Waals surface area contributed by atoms with Crippen LogP contribution in [-0.2, 0) is 25.6 Å². The maximum Gasteiger partial charge on any atom is 0.261 e. The van der Waals surface area contributed by atoms with Crippen LogP contribution in [0, 0.1) is 0 Å². The number of hydrogen-bond acceptors (Lipinski definition) is 5. The van der Waals surface area contributed by atoms with Gasteiger partial charge < -0.3 is 24.6 Å². The molecule has 0 bridgehead atoms. The molecule has 0 radical (unpaired) electrons. The van der Waals surface area contributed by atoms with Crippen molar-refractivity contribution in [2.75, 3.05) is 52.6 Å². The van der Waals surface area contributed by atoms with Crippen LogP contribution in [-0.4, -0.2) is 74.2 Å². The van der Waals surface area contributed by atoms with E-state index in [0.29, 0.717) is 59.2 Å². The van der Waals surface area contributed by atoms with E-state index in [-0.39, 0.29) is 17.4 Å². The summed E-state index contributed by atoms with van der Waals surface area (Å²) < 4.78 is 10.6. The molecule has 7 nitrogen and oxygen atoms in total. The first kappa shape index (κ1) is 18.4. The van der Waals surface area contributed by atoms with Gasteiger partial charge in [0.1, 0.15) is 5.57 Å². The number of ether oxygens (including phenoxy) is 2. The Balaban J connectivity index is 1.72. The number of hydrogen-bond donors (Lipinski definition) is 1. The minimum atomic E-state index is -0.245. The van der Waals surface area contributed by atoms with Crippen LogP contribution in [0.5, 0.6) is 0 Å². The first-order valence-corrected chi connectivity index (χ1v) is 8.97. The number of benzene rings is 1. The van der Waals surface area contributed by atoms with E-state index in [1.165, 1.54) is 0 Å². The summed E-state index contributed by atoms with van der Waals surface area (Å²) in [5.41, 5.74) is 1.26. The van der Waals surface area contributed by atoms with Gasteiger partial charge in [0.25, 0.3) is 11.8 Å². The first-order chi connectivity index (χ1) is 12.8. The smallest absolute Gasteiger partial charge is 0.261 e. The lowest BCUT2D eigenvalue weighted by atomic mass is 10.1. The fourth-order valence-corrected chi connectivity index (χ4v) is 2.96. The van der Waals surface area contributed by atoms with Crippen molar-refractivity contribution in [3.8, 4) is 0 Å². The molecule has 0 aromatic heterocycles. The molecule has 0 aliphatic carbocycles. The normalized spacial score (nSPS) is 17.5. The minimum absolute atomic E-state index is 0.171. The van der Waals surface area contributed by atoms with Gasteiger partial charge in [0.2, 0.25) is 0 Å². The van der Waals surface area contributed by atoms with Crippen molar-refractivity contribution in [3.05, 3.63) is 47.7 Å². The molecule has 1 aromatic carbocycles. The Morgan fingerprint density at radius 1 is 0.885 bits per heavy atom. The molecule has 7 heteroatoms. The van der Waals surface area contributed by atoms with Gasteiger partial charge in [-0.25, -0.2) is 0 Å². The number of morpholine rings is 2. The molecule has 2 saturated heterocycles. The van der Waals surface area contributed by atoms with Gasteiger partial charge in [-0.05, 0) is 5.56 Å². The highest BCUT2D eigenvalue weighted by atomic mass is 16.5. The molecular formula is C19H25N3O4. The highest BCUT2D eigenvalue weighted by molar-refractivity contribution is 6.18. The summed E-state index contributed by atoms with van der Waals surface area (Å²) >= 11 is 0. The van der Waals surface area contributed by atoms with E-state index in [2.05, 4.69) is 5.32 Å². The molecule has 3 rings (SSSR count). The molecule has 26 heavy (non-hydrogen) atoms. The molecule has 0 unspecified atom stereocenters. The number of nitrogens with zero attached hydrogens (tertiary/aromatic N) is 2. The number of amides is 2. The van der Waals surface area contributed by atoms with Gasteiger partial charge in [-0.3, -0.25) is 9.59 Å². The standard InChI is InChI=1S/C19H25N3O4/c23-18(21-6-10-25-11-7-21)17(19(24)22-8-12-26-13-9-22)15-20-14-16-4-2-1-3-5-16/h1-5,15,20H,6-14H2. The molecule has 0 saturated carbocycles. The van der Waals surface area contributed by atoms with E-state index in [9.17, 15) is 9.59 Å². The zero-order valence-corrected chi connectivity index (χ0v) is 14.9. The lowest BCUT2D eigenvalue weighted by Crippen LogP contribution is -2.47. The molecule has 1 N–H and O–H groups in total. The molecule has 2 heterocycles. The molecule has 2 aliphatic heterocycles. The average molecular weight is 359 g/mol. The summed E-state index contributed by atoms with van der Waals surface area (Å²) in [4.78, 5) is 29.2. The maximum atomic E-state index is 12.9. The molecule has 2 aliphatic rings. The highest BCUT2D eigenvalue weighted by Gasteiger charge is 2.29. The Bertz CT molecular complexity index is 603. The van der Waals surface area contributed by atoms with E-state index in [1.54, 1.807) is 16.0 Å². The fourth-order valence-electron chi connectivity index (χ4n) is 2.96. The molecule has 1 aromatic rings. The summed E-state index contributed by atoms with van der Waals surface area (Å²) in [6.07, 6.45) is 1.56. The third kappa shape index (κ3) is 4.83. The quantitative estimate of drug-likeness (QED) is 0.468. The topological polar surface area (TPSA) is 71.1 Å². The number of rotatable bonds is 5. The Hall–Kier alpha value is -2.38. The van der Waals surface area contributed by atoms with Crippen LogP contribution in [0.4, 0.5) is 0 Å². The number of carbonyl (C=O) groups is 2. The molecule has 2 fully saturated rings. The SMILES string of the molecule is O=C(C(=CNCc1ccccc1)C(=O)N1CCOCC1)N1CCOCC1. The van der Waals surface area contributed by atoms with Crippen LogP contribution in [0.25, 0.3) is 0 Å². The first-order valence-electron chi connectivity index (χ1n) is 8.97. The van der Waals surface area contributed by atoms with E-state index >= 15 is 0 Å². The molecule has 0 spiro atoms. The van der Waals surface area contributed by atoms with Gasteiger partial charge >= 0.3 is 0 Å². The Labute approximate surface area is 153 Å². The van der Waals surface area contributed by atoms with Gasteiger partial charge in [0.15, 0.2) is 0 Å². The van der Waals surface area contributed by atoms with E-state index < -0.39 is 0 Å². The largest absolute Gasteiger partial charge is 0.386 e. The van der Waals surface area contributed by atoms with Crippen molar-refractivity contribution in [3.63, 3.8) is 0 Å². The summed E-state index contributed by atoms with van der Waals surface area (Å²) in [7, 11) is 0. The van der Waals surface area contributed by atoms with Crippen LogP contribution < -0.4 is 5.32 Å². The van der Waals surface area contributed by atoms with Gasteiger partial charge in [-0.1, -0.05) is 30.3 Å². The van der Waals surface area contributed by atoms with Crippen LogP contribution in [0.3, 0.4) is 0 Å². The second kappa shape index (κ2) is 9.35. The minimum Gasteiger partial charge on any atom is -0.386 e. The predicted octanol–water partition coefficient (Wildman–Crippen LogP) is 0.378. The lowest BCUT2D eigenvalue weighted by Gasteiger charge is -2.31.